The summed E-state index contributed by atoms with van der Waals surface area (Å²) in [4.78, 5) is 0. The van der Waals surface area contributed by atoms with Gasteiger partial charge in [0.05, 0.1) is 6.61 Å². The van der Waals surface area contributed by atoms with Crippen molar-refractivity contribution in [3.63, 3.8) is 0 Å². The van der Waals surface area contributed by atoms with E-state index >= 15 is 0 Å². The minimum Gasteiger partial charge on any atom is -0.409 e. The van der Waals surface area contributed by atoms with Crippen molar-refractivity contribution in [3.05, 3.63) is 35.4 Å². The fourth-order valence-corrected chi connectivity index (χ4v) is 1.20. The summed E-state index contributed by atoms with van der Waals surface area (Å²) in [7, 11) is 0. The van der Waals surface area contributed by atoms with Gasteiger partial charge in [0.1, 0.15) is 6.61 Å². The minimum atomic E-state index is -4.16. The molecule has 19 heavy (non-hydrogen) atoms. The van der Waals surface area contributed by atoms with Crippen LogP contribution in [0.2, 0.25) is 0 Å². The van der Waals surface area contributed by atoms with Crippen LogP contribution in [0.4, 0.5) is 17.6 Å². The molecular weight excluding hydrogens is 268 g/mol. The number of hydrogen-bond acceptors (Lipinski definition) is 3. The first kappa shape index (κ1) is 15.2. The molecule has 0 aliphatic rings. The van der Waals surface area contributed by atoms with Crippen molar-refractivity contribution in [1.82, 2.24) is 0 Å². The molecule has 4 nitrogen and oxygen atoms in total. The highest BCUT2D eigenvalue weighted by atomic mass is 19.3. The molecule has 0 saturated carbocycles. The Balaban J connectivity index is 2.51. The van der Waals surface area contributed by atoms with Crippen LogP contribution in [0.15, 0.2) is 29.4 Å². The Hall–Kier alpha value is -1.83. The first-order valence-corrected chi connectivity index (χ1v) is 5.17. The molecule has 1 rings (SSSR count). The second-order valence-corrected chi connectivity index (χ2v) is 3.74. The largest absolute Gasteiger partial charge is 0.409 e. The van der Waals surface area contributed by atoms with E-state index in [0.717, 1.165) is 0 Å². The topological polar surface area (TPSA) is 67.8 Å². The molecule has 0 amide bonds. The van der Waals surface area contributed by atoms with Crippen LogP contribution < -0.4 is 5.73 Å². The second kappa shape index (κ2) is 6.37. The summed E-state index contributed by atoms with van der Waals surface area (Å²) in [5.41, 5.74) is 6.26. The number of alkyl halides is 4. The minimum absolute atomic E-state index is 0.100. The number of halogens is 4. The normalized spacial score (nSPS) is 13.0. The highest BCUT2D eigenvalue weighted by Gasteiger charge is 2.40. The lowest BCUT2D eigenvalue weighted by atomic mass is 10.1. The smallest absolute Gasteiger partial charge is 0.330 e. The Bertz CT molecular complexity index is 435. The number of nitrogens with zero attached hydrogens (tertiary/aromatic N) is 1. The molecule has 0 atom stereocenters. The Labute approximate surface area is 106 Å². The molecule has 0 fully saturated rings. The van der Waals surface area contributed by atoms with Crippen LogP contribution in [0, 0.1) is 0 Å². The van der Waals surface area contributed by atoms with E-state index in [0.29, 0.717) is 11.1 Å². The zero-order valence-electron chi connectivity index (χ0n) is 9.69. The molecule has 1 aromatic carbocycles. The number of benzene rings is 1. The summed E-state index contributed by atoms with van der Waals surface area (Å²) in [5, 5.41) is 11.2. The van der Waals surface area contributed by atoms with Gasteiger partial charge in [-0.25, -0.2) is 8.78 Å². The monoisotopic (exact) mass is 280 g/mol. The lowest BCUT2D eigenvalue weighted by Gasteiger charge is -2.15. The number of hydrogen-bond donors (Lipinski definition) is 2. The van der Waals surface area contributed by atoms with Crippen molar-refractivity contribution in [2.24, 2.45) is 10.9 Å². The van der Waals surface area contributed by atoms with E-state index in [4.69, 9.17) is 10.9 Å². The summed E-state index contributed by atoms with van der Waals surface area (Å²) in [6.45, 7) is -1.59. The maximum atomic E-state index is 12.5. The van der Waals surface area contributed by atoms with E-state index in [-0.39, 0.29) is 12.4 Å². The molecule has 0 radical (unpaired) electrons. The molecule has 0 aliphatic carbocycles. The predicted molar refractivity (Wildman–Crippen MR) is 59.6 cm³/mol. The van der Waals surface area contributed by atoms with Crippen molar-refractivity contribution in [3.8, 4) is 0 Å². The van der Waals surface area contributed by atoms with Gasteiger partial charge < -0.3 is 15.7 Å². The lowest BCUT2D eigenvalue weighted by molar-refractivity contribution is -0.168. The van der Waals surface area contributed by atoms with E-state index in [1.54, 1.807) is 0 Å². The van der Waals surface area contributed by atoms with Gasteiger partial charge >= 0.3 is 12.3 Å². The molecule has 0 bridgehead atoms. The second-order valence-electron chi connectivity index (χ2n) is 3.74. The first-order chi connectivity index (χ1) is 8.86. The third-order valence-corrected chi connectivity index (χ3v) is 2.24. The van der Waals surface area contributed by atoms with Gasteiger partial charge in [-0.2, -0.15) is 8.78 Å². The Kier molecular flexibility index (Phi) is 5.11. The van der Waals surface area contributed by atoms with Gasteiger partial charge in [0.2, 0.25) is 0 Å². The average Bonchev–Trinajstić information content (AvgIpc) is 2.38. The molecule has 0 aromatic heterocycles. The third kappa shape index (κ3) is 4.40. The van der Waals surface area contributed by atoms with Crippen LogP contribution in [0.25, 0.3) is 0 Å². The lowest BCUT2D eigenvalue weighted by Crippen LogP contribution is -2.32. The number of ether oxygens (including phenoxy) is 1. The van der Waals surface area contributed by atoms with Gasteiger partial charge in [-0.3, -0.25) is 0 Å². The molecule has 3 N–H and O–H groups in total. The fraction of sp³-hybridized carbons (Fsp3) is 0.364. The van der Waals surface area contributed by atoms with Gasteiger partial charge in [0.15, 0.2) is 5.84 Å². The predicted octanol–water partition coefficient (Wildman–Crippen LogP) is 2.20. The molecule has 0 saturated heterocycles. The number of amidine groups is 1. The maximum absolute atomic E-state index is 12.5. The van der Waals surface area contributed by atoms with Crippen LogP contribution in [0.1, 0.15) is 11.1 Å². The van der Waals surface area contributed by atoms with Crippen molar-refractivity contribution < 1.29 is 27.5 Å². The fourth-order valence-electron chi connectivity index (χ4n) is 1.20. The zero-order chi connectivity index (χ0) is 14.5. The van der Waals surface area contributed by atoms with Crippen molar-refractivity contribution in [2.75, 3.05) is 6.61 Å². The van der Waals surface area contributed by atoms with E-state index < -0.39 is 19.0 Å². The third-order valence-electron chi connectivity index (χ3n) is 2.24. The van der Waals surface area contributed by atoms with Crippen molar-refractivity contribution in [1.29, 1.82) is 0 Å². The highest BCUT2D eigenvalue weighted by Crippen LogP contribution is 2.23. The molecule has 0 spiro atoms. The van der Waals surface area contributed by atoms with E-state index in [1.165, 1.54) is 24.3 Å². The molecule has 106 valence electrons. The molecule has 0 unspecified atom stereocenters. The zero-order valence-corrected chi connectivity index (χ0v) is 9.69. The van der Waals surface area contributed by atoms with Crippen molar-refractivity contribution >= 4 is 5.84 Å². The van der Waals surface area contributed by atoms with E-state index in [1.807, 2.05) is 0 Å². The van der Waals surface area contributed by atoms with Crippen molar-refractivity contribution in [2.45, 2.75) is 19.0 Å². The Morgan fingerprint density at radius 1 is 1.32 bits per heavy atom. The standard InChI is InChI=1S/C11H12F4N2O2/c12-10(13)11(14,15)6-19-5-7-1-3-8(4-2-7)9(16)17-18/h1-4,10,18H,5-6H2,(H2,16,17). The number of nitrogens with two attached hydrogens (primary N) is 1. The number of oxime groups is 1. The Morgan fingerprint density at radius 2 is 1.89 bits per heavy atom. The maximum Gasteiger partial charge on any atom is 0.330 e. The van der Waals surface area contributed by atoms with Crippen LogP contribution >= 0.6 is 0 Å². The first-order valence-electron chi connectivity index (χ1n) is 5.17. The van der Waals surface area contributed by atoms with Crippen LogP contribution in [0.3, 0.4) is 0 Å². The van der Waals surface area contributed by atoms with Gasteiger partial charge in [-0.1, -0.05) is 29.4 Å². The SMILES string of the molecule is N/C(=N\O)c1ccc(COCC(F)(F)C(F)F)cc1. The Morgan fingerprint density at radius 3 is 2.37 bits per heavy atom. The van der Waals surface area contributed by atoms with Gasteiger partial charge in [-0.05, 0) is 5.56 Å². The van der Waals surface area contributed by atoms with Crippen LogP contribution in [-0.2, 0) is 11.3 Å². The summed E-state index contributed by atoms with van der Waals surface area (Å²) < 4.78 is 53.3. The van der Waals surface area contributed by atoms with Gasteiger partial charge in [0.25, 0.3) is 0 Å². The number of rotatable bonds is 6. The van der Waals surface area contributed by atoms with Gasteiger partial charge in [0, 0.05) is 5.56 Å². The van der Waals surface area contributed by atoms with Gasteiger partial charge in [-0.15, -0.1) is 0 Å². The van der Waals surface area contributed by atoms with Crippen LogP contribution in [0.5, 0.6) is 0 Å². The summed E-state index contributed by atoms with van der Waals surface area (Å²) in [6, 6.07) is 5.96. The summed E-state index contributed by atoms with van der Waals surface area (Å²) in [6.07, 6.45) is -3.75. The van der Waals surface area contributed by atoms with Crippen LogP contribution in [-0.4, -0.2) is 30.0 Å². The van der Waals surface area contributed by atoms with E-state index in [9.17, 15) is 17.6 Å². The quantitative estimate of drug-likeness (QED) is 0.276. The molecule has 8 heteroatoms. The summed E-state index contributed by atoms with van der Waals surface area (Å²) in [5.74, 6) is -4.26. The summed E-state index contributed by atoms with van der Waals surface area (Å²) >= 11 is 0. The molecule has 1 aromatic rings. The molecule has 0 aliphatic heterocycles. The molecular formula is C11H12F4N2O2. The molecule has 0 heterocycles. The highest BCUT2D eigenvalue weighted by molar-refractivity contribution is 5.96. The van der Waals surface area contributed by atoms with E-state index in [2.05, 4.69) is 9.89 Å². The average molecular weight is 280 g/mol.